The number of aryl methyl sites for hydroxylation is 1. The lowest BCUT2D eigenvalue weighted by molar-refractivity contribution is -0.180. The summed E-state index contributed by atoms with van der Waals surface area (Å²) in [4.78, 5) is 22.1. The van der Waals surface area contributed by atoms with Gasteiger partial charge < -0.3 is 20.4 Å². The number of fused-ring (bicyclic) bond motifs is 5. The number of carbonyl (C=O) groups excluding carboxylic acids is 1. The number of rotatable bonds is 2. The van der Waals surface area contributed by atoms with Gasteiger partial charge in [-0.1, -0.05) is 6.07 Å². The molecule has 2 amide bonds. The second-order valence-electron chi connectivity index (χ2n) is 11.6. The van der Waals surface area contributed by atoms with Gasteiger partial charge in [-0.15, -0.1) is 0 Å². The first-order valence-electron chi connectivity index (χ1n) is 13.1. The minimum atomic E-state index is -0.302. The second kappa shape index (κ2) is 6.88. The highest BCUT2D eigenvalue weighted by molar-refractivity contribution is 6.01. The first kappa shape index (κ1) is 20.8. The van der Waals surface area contributed by atoms with Crippen molar-refractivity contribution in [1.29, 1.82) is 0 Å². The third-order valence-electron chi connectivity index (χ3n) is 9.37. The average molecular weight is 483 g/mol. The molecule has 4 aromatic rings. The van der Waals surface area contributed by atoms with E-state index in [9.17, 15) is 4.79 Å². The van der Waals surface area contributed by atoms with E-state index < -0.39 is 0 Å². The molecule has 0 radical (unpaired) electrons. The van der Waals surface area contributed by atoms with Gasteiger partial charge in [-0.05, 0) is 67.6 Å². The Morgan fingerprint density at radius 1 is 1.19 bits per heavy atom. The maximum absolute atomic E-state index is 11.7. The molecule has 5 heterocycles. The number of pyridine rings is 1. The van der Waals surface area contributed by atoms with E-state index >= 15 is 0 Å². The Morgan fingerprint density at radius 2 is 2.00 bits per heavy atom. The predicted molar refractivity (Wildman–Crippen MR) is 136 cm³/mol. The summed E-state index contributed by atoms with van der Waals surface area (Å²) in [5.41, 5.74) is 14.0. The third kappa shape index (κ3) is 2.76. The lowest BCUT2D eigenvalue weighted by atomic mass is 9.53. The molecule has 1 aromatic carbocycles. The van der Waals surface area contributed by atoms with Crippen LogP contribution in [0, 0.1) is 5.41 Å². The number of aromatic nitrogens is 4. The quantitative estimate of drug-likeness (QED) is 0.433. The molecule has 2 aliphatic carbocycles. The summed E-state index contributed by atoms with van der Waals surface area (Å²) >= 11 is 0. The highest BCUT2D eigenvalue weighted by atomic mass is 16.5. The van der Waals surface area contributed by atoms with Gasteiger partial charge in [0.1, 0.15) is 5.65 Å². The van der Waals surface area contributed by atoms with Crippen LogP contribution in [0.15, 0.2) is 30.6 Å². The molecule has 8 nitrogen and oxygen atoms in total. The normalized spacial score (nSPS) is 22.0. The summed E-state index contributed by atoms with van der Waals surface area (Å²) in [5, 5.41) is 6.87. The zero-order valence-corrected chi connectivity index (χ0v) is 20.5. The molecule has 3 N–H and O–H groups in total. The van der Waals surface area contributed by atoms with Gasteiger partial charge in [0.2, 0.25) is 0 Å². The van der Waals surface area contributed by atoms with Gasteiger partial charge in [0.05, 0.1) is 23.9 Å². The number of nitrogens with zero attached hydrogens (tertiary/aromatic N) is 4. The van der Waals surface area contributed by atoms with Gasteiger partial charge >= 0.3 is 6.03 Å². The lowest BCUT2D eigenvalue weighted by Gasteiger charge is -2.57. The minimum absolute atomic E-state index is 0.230. The van der Waals surface area contributed by atoms with E-state index in [2.05, 4.69) is 28.3 Å². The van der Waals surface area contributed by atoms with Crippen LogP contribution in [0.3, 0.4) is 0 Å². The summed E-state index contributed by atoms with van der Waals surface area (Å²) in [5.74, 6) is 0.568. The van der Waals surface area contributed by atoms with Crippen molar-refractivity contribution in [3.05, 3.63) is 47.4 Å². The molecule has 8 heteroatoms. The molecule has 2 saturated carbocycles. The highest BCUT2D eigenvalue weighted by Crippen LogP contribution is 2.65. The van der Waals surface area contributed by atoms with Crippen LogP contribution in [0.1, 0.15) is 61.3 Å². The fraction of sp³-hybridized carbons (Fsp3) is 0.464. The number of nitrogens with two attached hydrogens (primary N) is 1. The van der Waals surface area contributed by atoms with Crippen LogP contribution < -0.4 is 5.73 Å². The maximum Gasteiger partial charge on any atom is 0.314 e. The van der Waals surface area contributed by atoms with Crippen molar-refractivity contribution in [3.8, 4) is 11.1 Å². The topological polar surface area (TPSA) is 102 Å². The van der Waals surface area contributed by atoms with Crippen molar-refractivity contribution >= 4 is 28.0 Å². The molecule has 4 aliphatic rings. The minimum Gasteiger partial charge on any atom is -0.365 e. The van der Waals surface area contributed by atoms with Crippen LogP contribution in [0.4, 0.5) is 4.79 Å². The van der Waals surface area contributed by atoms with Crippen molar-refractivity contribution in [1.82, 2.24) is 24.6 Å². The number of likely N-dealkylation sites (tertiary alicyclic amines) is 1. The number of H-pyrrole nitrogens is 1. The number of primary amides is 1. The number of hydrogen-bond donors (Lipinski definition) is 2. The third-order valence-corrected chi connectivity index (χ3v) is 9.37. The number of benzene rings is 1. The zero-order chi connectivity index (χ0) is 24.2. The van der Waals surface area contributed by atoms with Crippen LogP contribution in [0.5, 0.6) is 0 Å². The monoisotopic (exact) mass is 482 g/mol. The number of amides is 2. The van der Waals surface area contributed by atoms with E-state index in [4.69, 9.17) is 15.5 Å². The summed E-state index contributed by atoms with van der Waals surface area (Å²) < 4.78 is 8.56. The molecule has 0 bridgehead atoms. The van der Waals surface area contributed by atoms with Crippen LogP contribution in [0.2, 0.25) is 0 Å². The second-order valence-corrected chi connectivity index (χ2v) is 11.6. The average Bonchev–Trinajstić information content (AvgIpc) is 3.39. The number of carbonyl (C=O) groups is 1. The van der Waals surface area contributed by atoms with Gasteiger partial charge in [0, 0.05) is 59.5 Å². The molecule has 3 aromatic heterocycles. The SMILES string of the molecule is Cn1ncc2cc(-c3c(C4CC4)[nH]c4ncc5c(c34)C3(CC4(CCN(C(N)=O)CC4)C3)OC5)ccc21. The van der Waals surface area contributed by atoms with Gasteiger partial charge in [0.15, 0.2) is 0 Å². The number of nitrogens with one attached hydrogen (secondary N) is 1. The lowest BCUT2D eigenvalue weighted by Crippen LogP contribution is -2.55. The highest BCUT2D eigenvalue weighted by Gasteiger charge is 2.60. The van der Waals surface area contributed by atoms with Crippen molar-refractivity contribution in [2.45, 2.75) is 56.7 Å². The summed E-state index contributed by atoms with van der Waals surface area (Å²) in [6.07, 6.45) is 10.4. The molecule has 2 aliphatic heterocycles. The first-order chi connectivity index (χ1) is 17.5. The fourth-order valence-electron chi connectivity index (χ4n) is 7.42. The maximum atomic E-state index is 11.7. The van der Waals surface area contributed by atoms with Crippen molar-refractivity contribution < 1.29 is 9.53 Å². The first-order valence-corrected chi connectivity index (χ1v) is 13.1. The van der Waals surface area contributed by atoms with Gasteiger partial charge in [-0.3, -0.25) is 4.68 Å². The molecule has 0 atom stereocenters. The Labute approximate surface area is 208 Å². The van der Waals surface area contributed by atoms with Crippen molar-refractivity contribution in [3.63, 3.8) is 0 Å². The Bertz CT molecular complexity index is 1560. The van der Waals surface area contributed by atoms with E-state index in [0.717, 1.165) is 55.3 Å². The molecule has 184 valence electrons. The summed E-state index contributed by atoms with van der Waals surface area (Å²) in [6, 6.07) is 6.40. The Kier molecular flexibility index (Phi) is 3.97. The molecular formula is C28H30N6O2. The van der Waals surface area contributed by atoms with E-state index in [1.54, 1.807) is 4.90 Å². The van der Waals surface area contributed by atoms with Crippen LogP contribution in [-0.4, -0.2) is 43.8 Å². The number of piperidine rings is 1. The summed E-state index contributed by atoms with van der Waals surface area (Å²) in [7, 11) is 1.99. The van der Waals surface area contributed by atoms with Crippen LogP contribution in [0.25, 0.3) is 33.1 Å². The number of urea groups is 1. The fourth-order valence-corrected chi connectivity index (χ4v) is 7.42. The van der Waals surface area contributed by atoms with E-state index in [1.807, 2.05) is 24.1 Å². The van der Waals surface area contributed by atoms with Crippen molar-refractivity contribution in [2.24, 2.45) is 18.2 Å². The van der Waals surface area contributed by atoms with Crippen molar-refractivity contribution in [2.75, 3.05) is 13.1 Å². The van der Waals surface area contributed by atoms with Gasteiger partial charge in [-0.25, -0.2) is 9.78 Å². The Hall–Kier alpha value is -3.39. The molecule has 36 heavy (non-hydrogen) atoms. The standard InChI is InChI=1S/C28H30N6O2/c1-33-20-5-4-17(10-18(20)12-31-33)21-22-23-19(11-30-25(22)32-24(21)16-2-3-16)13-36-28(23)14-27(15-28)6-8-34(9-7-27)26(29)35/h4-5,10-12,16H,2-3,6-9,13-15H2,1H3,(H2,29,35)(H,30,32). The molecule has 1 saturated heterocycles. The summed E-state index contributed by atoms with van der Waals surface area (Å²) in [6.45, 7) is 2.11. The largest absolute Gasteiger partial charge is 0.365 e. The molecular weight excluding hydrogens is 452 g/mol. The molecule has 3 fully saturated rings. The number of ether oxygens (including phenoxy) is 1. The van der Waals surface area contributed by atoms with E-state index in [-0.39, 0.29) is 17.0 Å². The zero-order valence-electron chi connectivity index (χ0n) is 20.5. The smallest absolute Gasteiger partial charge is 0.314 e. The number of hydrogen-bond acceptors (Lipinski definition) is 4. The molecule has 0 unspecified atom stereocenters. The number of aromatic amines is 1. The van der Waals surface area contributed by atoms with Gasteiger partial charge in [0.25, 0.3) is 0 Å². The Morgan fingerprint density at radius 3 is 2.75 bits per heavy atom. The van der Waals surface area contributed by atoms with Crippen LogP contribution >= 0.6 is 0 Å². The Balaban J connectivity index is 1.26. The molecule has 2 spiro atoms. The van der Waals surface area contributed by atoms with E-state index in [0.29, 0.717) is 12.5 Å². The predicted octanol–water partition coefficient (Wildman–Crippen LogP) is 4.67. The molecule has 8 rings (SSSR count). The van der Waals surface area contributed by atoms with Crippen LogP contribution in [-0.2, 0) is 24.0 Å². The van der Waals surface area contributed by atoms with E-state index in [1.165, 1.54) is 46.2 Å². The van der Waals surface area contributed by atoms with Gasteiger partial charge in [-0.2, -0.15) is 5.10 Å².